The van der Waals surface area contributed by atoms with Crippen molar-refractivity contribution in [1.29, 1.82) is 0 Å². The fraction of sp³-hybridized carbons (Fsp3) is 0.632. The maximum atomic E-state index is 12.5. The van der Waals surface area contributed by atoms with E-state index in [1.807, 2.05) is 0 Å². The van der Waals surface area contributed by atoms with Crippen molar-refractivity contribution in [2.24, 2.45) is 0 Å². The Morgan fingerprint density at radius 1 is 1.23 bits per heavy atom. The number of methoxy groups -OCH3 is 1. The molecule has 7 heteroatoms. The minimum absolute atomic E-state index is 0.104. The molecule has 0 spiro atoms. The Labute approximate surface area is 153 Å². The molecule has 26 heavy (non-hydrogen) atoms. The smallest absolute Gasteiger partial charge is 0.311 e. The number of nitrogens with one attached hydrogen (secondary N) is 1. The van der Waals surface area contributed by atoms with Crippen LogP contribution >= 0.6 is 0 Å². The Kier molecular flexibility index (Phi) is 6.08. The van der Waals surface area contributed by atoms with E-state index in [2.05, 4.69) is 10.2 Å². The maximum absolute atomic E-state index is 12.5. The van der Waals surface area contributed by atoms with Crippen LogP contribution in [0.3, 0.4) is 0 Å². The number of nitro groups is 1. The van der Waals surface area contributed by atoms with Gasteiger partial charge in [0.1, 0.15) is 0 Å². The highest BCUT2D eigenvalue weighted by Gasteiger charge is 2.30. The van der Waals surface area contributed by atoms with E-state index in [1.165, 1.54) is 57.8 Å². The molecular weight excluding hydrogens is 334 g/mol. The topological polar surface area (TPSA) is 84.7 Å². The molecule has 2 fully saturated rings. The van der Waals surface area contributed by atoms with Crippen LogP contribution in [0.5, 0.6) is 5.75 Å². The summed E-state index contributed by atoms with van der Waals surface area (Å²) >= 11 is 0. The number of rotatable bonds is 5. The van der Waals surface area contributed by atoms with Gasteiger partial charge in [-0.3, -0.25) is 19.8 Å². The quantitative estimate of drug-likeness (QED) is 0.495. The van der Waals surface area contributed by atoms with Gasteiger partial charge in [0.15, 0.2) is 5.75 Å². The van der Waals surface area contributed by atoms with Gasteiger partial charge in [-0.25, -0.2) is 0 Å². The van der Waals surface area contributed by atoms with Crippen molar-refractivity contribution >= 4 is 11.6 Å². The number of hydrogen-bond donors (Lipinski definition) is 1. The van der Waals surface area contributed by atoms with Crippen LogP contribution in [0.2, 0.25) is 0 Å². The molecule has 1 saturated heterocycles. The largest absolute Gasteiger partial charge is 0.490 e. The predicted molar refractivity (Wildman–Crippen MR) is 98.6 cm³/mol. The second kappa shape index (κ2) is 8.49. The predicted octanol–water partition coefficient (Wildman–Crippen LogP) is 3.13. The summed E-state index contributed by atoms with van der Waals surface area (Å²) < 4.78 is 4.99. The molecular formula is C19H27N3O4. The van der Waals surface area contributed by atoms with E-state index < -0.39 is 4.92 Å². The molecule has 1 aliphatic carbocycles. The van der Waals surface area contributed by atoms with Gasteiger partial charge in [0.05, 0.1) is 12.0 Å². The van der Waals surface area contributed by atoms with Crippen LogP contribution in [0, 0.1) is 10.1 Å². The summed E-state index contributed by atoms with van der Waals surface area (Å²) in [6, 6.07) is 5.07. The summed E-state index contributed by atoms with van der Waals surface area (Å²) in [6.45, 7) is 1.88. The van der Waals surface area contributed by atoms with Gasteiger partial charge < -0.3 is 10.1 Å². The third-order valence-electron chi connectivity index (χ3n) is 5.53. The first-order valence-electron chi connectivity index (χ1n) is 9.46. The summed E-state index contributed by atoms with van der Waals surface area (Å²) in [5.41, 5.74) is 0.108. The van der Waals surface area contributed by atoms with E-state index in [1.54, 1.807) is 6.07 Å². The van der Waals surface area contributed by atoms with E-state index in [9.17, 15) is 14.9 Å². The summed E-state index contributed by atoms with van der Waals surface area (Å²) in [6.07, 6.45) is 8.71. The summed E-state index contributed by atoms with van der Waals surface area (Å²) in [4.78, 5) is 25.6. The Morgan fingerprint density at radius 2 is 1.96 bits per heavy atom. The SMILES string of the molecule is COc1ccc(C(=O)NC2CCN(C3CCCCCC3)C2)cc1[N+](=O)[O-]. The number of benzene rings is 1. The molecule has 1 aliphatic heterocycles. The molecule has 1 aromatic rings. The molecule has 0 bridgehead atoms. The molecule has 1 amide bonds. The minimum atomic E-state index is -0.529. The second-order valence-corrected chi connectivity index (χ2v) is 7.24. The van der Waals surface area contributed by atoms with Crippen molar-refractivity contribution in [2.75, 3.05) is 20.2 Å². The average Bonchev–Trinajstić information content (AvgIpc) is 2.93. The summed E-state index contributed by atoms with van der Waals surface area (Å²) in [7, 11) is 1.38. The molecule has 142 valence electrons. The number of carbonyl (C=O) groups excluding carboxylic acids is 1. The van der Waals surface area contributed by atoms with Crippen molar-refractivity contribution in [1.82, 2.24) is 10.2 Å². The van der Waals surface area contributed by atoms with Crippen molar-refractivity contribution in [3.8, 4) is 5.75 Å². The van der Waals surface area contributed by atoms with E-state index in [4.69, 9.17) is 4.74 Å². The molecule has 1 N–H and O–H groups in total. The molecule has 1 heterocycles. The van der Waals surface area contributed by atoms with Crippen LogP contribution in [-0.2, 0) is 0 Å². The highest BCUT2D eigenvalue weighted by Crippen LogP contribution is 2.28. The zero-order valence-electron chi connectivity index (χ0n) is 15.3. The van der Waals surface area contributed by atoms with Crippen LogP contribution in [-0.4, -0.2) is 48.0 Å². The van der Waals surface area contributed by atoms with Gasteiger partial charge in [-0.15, -0.1) is 0 Å². The number of ether oxygens (including phenoxy) is 1. The molecule has 7 nitrogen and oxygen atoms in total. The number of hydrogen-bond acceptors (Lipinski definition) is 5. The number of likely N-dealkylation sites (tertiary alicyclic amines) is 1. The molecule has 1 aromatic carbocycles. The number of nitro benzene ring substituents is 1. The van der Waals surface area contributed by atoms with Crippen molar-refractivity contribution < 1.29 is 14.5 Å². The molecule has 1 saturated carbocycles. The average molecular weight is 361 g/mol. The lowest BCUT2D eigenvalue weighted by Crippen LogP contribution is -2.39. The molecule has 1 atom stereocenters. The first kappa shape index (κ1) is 18.6. The lowest BCUT2D eigenvalue weighted by Gasteiger charge is -2.26. The highest BCUT2D eigenvalue weighted by molar-refractivity contribution is 5.95. The van der Waals surface area contributed by atoms with Gasteiger partial charge in [0.25, 0.3) is 5.91 Å². The fourth-order valence-electron chi connectivity index (χ4n) is 4.10. The number of amides is 1. The normalized spacial score (nSPS) is 22.0. The Hall–Kier alpha value is -2.15. The van der Waals surface area contributed by atoms with Gasteiger partial charge in [0.2, 0.25) is 0 Å². The lowest BCUT2D eigenvalue weighted by molar-refractivity contribution is -0.385. The highest BCUT2D eigenvalue weighted by atomic mass is 16.6. The lowest BCUT2D eigenvalue weighted by atomic mass is 10.1. The van der Waals surface area contributed by atoms with E-state index in [0.717, 1.165) is 19.5 Å². The Morgan fingerprint density at radius 3 is 2.62 bits per heavy atom. The van der Waals surface area contributed by atoms with Crippen LogP contribution in [0.15, 0.2) is 18.2 Å². The van der Waals surface area contributed by atoms with Gasteiger partial charge in [-0.2, -0.15) is 0 Å². The summed E-state index contributed by atoms with van der Waals surface area (Å²) in [5, 5.41) is 14.2. The van der Waals surface area contributed by atoms with Crippen LogP contribution in [0.4, 0.5) is 5.69 Å². The van der Waals surface area contributed by atoms with Gasteiger partial charge >= 0.3 is 5.69 Å². The van der Waals surface area contributed by atoms with E-state index >= 15 is 0 Å². The number of nitrogens with zero attached hydrogens (tertiary/aromatic N) is 2. The molecule has 2 aliphatic rings. The standard InChI is InChI=1S/C19H27N3O4/c1-26-18-9-8-14(12-17(18)22(24)25)19(23)20-15-10-11-21(13-15)16-6-4-2-3-5-7-16/h8-9,12,15-16H,2-7,10-11,13H2,1H3,(H,20,23). The molecule has 1 unspecified atom stereocenters. The van der Waals surface area contributed by atoms with E-state index in [-0.39, 0.29) is 23.4 Å². The monoisotopic (exact) mass is 361 g/mol. The van der Waals surface area contributed by atoms with Crippen molar-refractivity contribution in [3.63, 3.8) is 0 Å². The molecule has 3 rings (SSSR count). The van der Waals surface area contributed by atoms with Gasteiger partial charge in [0, 0.05) is 36.8 Å². The van der Waals surface area contributed by atoms with Crippen LogP contribution < -0.4 is 10.1 Å². The summed E-state index contributed by atoms with van der Waals surface area (Å²) in [5.74, 6) is -0.101. The zero-order valence-corrected chi connectivity index (χ0v) is 15.3. The van der Waals surface area contributed by atoms with E-state index in [0.29, 0.717) is 11.6 Å². The van der Waals surface area contributed by atoms with Crippen LogP contribution in [0.25, 0.3) is 0 Å². The van der Waals surface area contributed by atoms with Crippen molar-refractivity contribution in [2.45, 2.75) is 57.0 Å². The van der Waals surface area contributed by atoms with Crippen molar-refractivity contribution in [3.05, 3.63) is 33.9 Å². The van der Waals surface area contributed by atoms with Gasteiger partial charge in [-0.1, -0.05) is 25.7 Å². The van der Waals surface area contributed by atoms with Gasteiger partial charge in [-0.05, 0) is 31.4 Å². The zero-order chi connectivity index (χ0) is 18.5. The second-order valence-electron chi connectivity index (χ2n) is 7.24. The third kappa shape index (κ3) is 4.33. The Balaban J connectivity index is 1.60. The first-order chi connectivity index (χ1) is 12.6. The number of carbonyl (C=O) groups is 1. The first-order valence-corrected chi connectivity index (χ1v) is 9.46. The maximum Gasteiger partial charge on any atom is 0.311 e. The fourth-order valence-corrected chi connectivity index (χ4v) is 4.10. The third-order valence-corrected chi connectivity index (χ3v) is 5.53. The minimum Gasteiger partial charge on any atom is -0.490 e. The van der Waals surface area contributed by atoms with Crippen LogP contribution in [0.1, 0.15) is 55.3 Å². The molecule has 0 aromatic heterocycles. The molecule has 0 radical (unpaired) electrons. The Bertz CT molecular complexity index is 656.